The number of benzene rings is 1. The Morgan fingerprint density at radius 1 is 1.14 bits per heavy atom. The molecule has 1 aromatic rings. The maximum atomic E-state index is 3.71. The van der Waals surface area contributed by atoms with Crippen molar-refractivity contribution in [1.82, 2.24) is 5.32 Å². The SMILES string of the molecule is CCNC(Cc1ccc(C(C)C)cc1)CC1CCSCC1. The number of rotatable bonds is 7. The predicted octanol–water partition coefficient (Wildman–Crippen LogP) is 4.86. The third-order valence-corrected chi connectivity index (χ3v) is 5.63. The molecule has 0 saturated carbocycles. The van der Waals surface area contributed by atoms with Crippen molar-refractivity contribution in [2.45, 2.75) is 58.4 Å². The van der Waals surface area contributed by atoms with Crippen molar-refractivity contribution in [3.8, 4) is 0 Å². The van der Waals surface area contributed by atoms with Gasteiger partial charge in [-0.1, -0.05) is 45.0 Å². The largest absolute Gasteiger partial charge is 0.314 e. The molecule has 1 unspecified atom stereocenters. The van der Waals surface area contributed by atoms with Crippen molar-refractivity contribution in [2.24, 2.45) is 5.92 Å². The van der Waals surface area contributed by atoms with Gasteiger partial charge in [-0.2, -0.15) is 11.8 Å². The van der Waals surface area contributed by atoms with Crippen LogP contribution in [0.25, 0.3) is 0 Å². The Morgan fingerprint density at radius 3 is 2.38 bits per heavy atom. The van der Waals surface area contributed by atoms with Crippen LogP contribution >= 0.6 is 11.8 Å². The summed E-state index contributed by atoms with van der Waals surface area (Å²) >= 11 is 2.13. The Hall–Kier alpha value is -0.470. The van der Waals surface area contributed by atoms with Gasteiger partial charge in [-0.25, -0.2) is 0 Å². The monoisotopic (exact) mass is 305 g/mol. The Balaban J connectivity index is 1.91. The van der Waals surface area contributed by atoms with Crippen molar-refractivity contribution >= 4 is 11.8 Å². The molecule has 1 heterocycles. The molecule has 1 aliphatic rings. The molecule has 1 saturated heterocycles. The topological polar surface area (TPSA) is 12.0 Å². The van der Waals surface area contributed by atoms with E-state index < -0.39 is 0 Å². The molecule has 21 heavy (non-hydrogen) atoms. The van der Waals surface area contributed by atoms with Crippen LogP contribution < -0.4 is 5.32 Å². The zero-order chi connectivity index (χ0) is 15.1. The second kappa shape index (κ2) is 8.85. The molecular weight excluding hydrogens is 274 g/mol. The normalized spacial score (nSPS) is 18.1. The Labute approximate surface area is 135 Å². The second-order valence-electron chi connectivity index (χ2n) is 6.65. The third-order valence-electron chi connectivity index (χ3n) is 4.58. The smallest absolute Gasteiger partial charge is 0.0110 e. The molecule has 0 spiro atoms. The van der Waals surface area contributed by atoms with E-state index in [1.165, 1.54) is 48.3 Å². The van der Waals surface area contributed by atoms with Gasteiger partial charge in [0.15, 0.2) is 0 Å². The number of hydrogen-bond acceptors (Lipinski definition) is 2. The van der Waals surface area contributed by atoms with E-state index in [2.05, 4.69) is 62.1 Å². The summed E-state index contributed by atoms with van der Waals surface area (Å²) in [6, 6.07) is 9.92. The van der Waals surface area contributed by atoms with Crippen LogP contribution in [0.4, 0.5) is 0 Å². The van der Waals surface area contributed by atoms with E-state index in [0.717, 1.165) is 12.5 Å². The first kappa shape index (κ1) is 16.9. The van der Waals surface area contributed by atoms with Gasteiger partial charge in [-0.05, 0) is 66.7 Å². The van der Waals surface area contributed by atoms with Crippen molar-refractivity contribution in [3.63, 3.8) is 0 Å². The highest BCUT2D eigenvalue weighted by Crippen LogP contribution is 2.27. The van der Waals surface area contributed by atoms with Gasteiger partial charge in [0.1, 0.15) is 0 Å². The molecule has 1 aliphatic heterocycles. The summed E-state index contributed by atoms with van der Waals surface area (Å²) in [6.45, 7) is 7.83. The van der Waals surface area contributed by atoms with Gasteiger partial charge in [0.2, 0.25) is 0 Å². The average Bonchev–Trinajstić information content (AvgIpc) is 2.49. The first-order valence-electron chi connectivity index (χ1n) is 8.59. The van der Waals surface area contributed by atoms with E-state index >= 15 is 0 Å². The molecule has 2 heteroatoms. The predicted molar refractivity (Wildman–Crippen MR) is 96.4 cm³/mol. The number of thioether (sulfide) groups is 1. The lowest BCUT2D eigenvalue weighted by atomic mass is 9.90. The van der Waals surface area contributed by atoms with Gasteiger partial charge >= 0.3 is 0 Å². The van der Waals surface area contributed by atoms with Crippen molar-refractivity contribution in [1.29, 1.82) is 0 Å². The van der Waals surface area contributed by atoms with Crippen molar-refractivity contribution < 1.29 is 0 Å². The maximum absolute atomic E-state index is 3.71. The molecule has 118 valence electrons. The van der Waals surface area contributed by atoms with Gasteiger partial charge in [-0.3, -0.25) is 0 Å². The summed E-state index contributed by atoms with van der Waals surface area (Å²) in [5, 5.41) is 3.71. The van der Waals surface area contributed by atoms with E-state index in [1.54, 1.807) is 0 Å². The van der Waals surface area contributed by atoms with Gasteiger partial charge in [-0.15, -0.1) is 0 Å². The van der Waals surface area contributed by atoms with E-state index in [0.29, 0.717) is 12.0 Å². The van der Waals surface area contributed by atoms with Crippen LogP contribution in [0.2, 0.25) is 0 Å². The van der Waals surface area contributed by atoms with Gasteiger partial charge in [0.05, 0.1) is 0 Å². The number of likely N-dealkylation sites (N-methyl/N-ethyl adjacent to an activating group) is 1. The van der Waals surface area contributed by atoms with Crippen LogP contribution in [0, 0.1) is 5.92 Å². The molecule has 1 fully saturated rings. The van der Waals surface area contributed by atoms with E-state index in [-0.39, 0.29) is 0 Å². The molecule has 0 aliphatic carbocycles. The highest BCUT2D eigenvalue weighted by Gasteiger charge is 2.19. The van der Waals surface area contributed by atoms with Gasteiger partial charge in [0, 0.05) is 6.04 Å². The Kier molecular flexibility index (Phi) is 7.12. The standard InChI is InChI=1S/C19H31NS/c1-4-20-19(14-17-9-11-21-12-10-17)13-16-5-7-18(8-6-16)15(2)3/h5-8,15,17,19-20H,4,9-14H2,1-3H3. The molecule has 0 bridgehead atoms. The summed E-state index contributed by atoms with van der Waals surface area (Å²) in [5.74, 6) is 4.30. The highest BCUT2D eigenvalue weighted by atomic mass is 32.2. The maximum Gasteiger partial charge on any atom is 0.0110 e. The summed E-state index contributed by atoms with van der Waals surface area (Å²) < 4.78 is 0. The first-order valence-corrected chi connectivity index (χ1v) is 9.74. The highest BCUT2D eigenvalue weighted by molar-refractivity contribution is 7.99. The van der Waals surface area contributed by atoms with Crippen LogP contribution in [-0.4, -0.2) is 24.1 Å². The van der Waals surface area contributed by atoms with Crippen LogP contribution in [-0.2, 0) is 6.42 Å². The number of nitrogens with one attached hydrogen (secondary N) is 1. The van der Waals surface area contributed by atoms with E-state index in [9.17, 15) is 0 Å². The molecule has 0 aromatic heterocycles. The first-order chi connectivity index (χ1) is 10.2. The second-order valence-corrected chi connectivity index (χ2v) is 7.87. The third kappa shape index (κ3) is 5.67. The summed E-state index contributed by atoms with van der Waals surface area (Å²) in [4.78, 5) is 0. The fraction of sp³-hybridized carbons (Fsp3) is 0.684. The minimum Gasteiger partial charge on any atom is -0.314 e. The molecule has 0 amide bonds. The quantitative estimate of drug-likeness (QED) is 0.772. The molecule has 0 radical (unpaired) electrons. The van der Waals surface area contributed by atoms with Gasteiger partial charge < -0.3 is 5.32 Å². The summed E-state index contributed by atoms with van der Waals surface area (Å²) in [5.41, 5.74) is 2.93. The minimum absolute atomic E-state index is 0.628. The van der Waals surface area contributed by atoms with E-state index in [4.69, 9.17) is 0 Å². The lowest BCUT2D eigenvalue weighted by Gasteiger charge is -2.27. The minimum atomic E-state index is 0.628. The van der Waals surface area contributed by atoms with Crippen molar-refractivity contribution in [3.05, 3.63) is 35.4 Å². The van der Waals surface area contributed by atoms with Crippen LogP contribution in [0.1, 0.15) is 57.1 Å². The molecular formula is C19H31NS. The fourth-order valence-corrected chi connectivity index (χ4v) is 4.44. The zero-order valence-electron chi connectivity index (χ0n) is 13.9. The molecule has 1 atom stereocenters. The molecule has 2 rings (SSSR count). The number of hydrogen-bond donors (Lipinski definition) is 1. The van der Waals surface area contributed by atoms with Crippen LogP contribution in [0.15, 0.2) is 24.3 Å². The van der Waals surface area contributed by atoms with Crippen LogP contribution in [0.3, 0.4) is 0 Å². The average molecular weight is 306 g/mol. The molecule has 1 N–H and O–H groups in total. The Morgan fingerprint density at radius 2 is 1.81 bits per heavy atom. The fourth-order valence-electron chi connectivity index (χ4n) is 3.24. The van der Waals surface area contributed by atoms with E-state index in [1.807, 2.05) is 0 Å². The summed E-state index contributed by atoms with van der Waals surface area (Å²) in [6.07, 6.45) is 5.36. The van der Waals surface area contributed by atoms with Crippen LogP contribution in [0.5, 0.6) is 0 Å². The summed E-state index contributed by atoms with van der Waals surface area (Å²) in [7, 11) is 0. The van der Waals surface area contributed by atoms with Gasteiger partial charge in [0.25, 0.3) is 0 Å². The zero-order valence-corrected chi connectivity index (χ0v) is 14.7. The lowest BCUT2D eigenvalue weighted by molar-refractivity contribution is 0.366. The molecule has 1 nitrogen and oxygen atoms in total. The van der Waals surface area contributed by atoms with Crippen molar-refractivity contribution in [2.75, 3.05) is 18.1 Å². The molecule has 1 aromatic carbocycles. The Bertz CT molecular complexity index is 393. The lowest BCUT2D eigenvalue weighted by Crippen LogP contribution is -2.33.